The number of aliphatic carboxylic acids is 1. The second-order valence-corrected chi connectivity index (χ2v) is 3.49. The number of aromatic nitrogens is 1. The Morgan fingerprint density at radius 3 is 2.71 bits per heavy atom. The summed E-state index contributed by atoms with van der Waals surface area (Å²) in [5.74, 6) is -1.60. The molecule has 1 heterocycles. The standard InChI is InChI=1S/C9H11ClN2O2/c1-5(9(13)14)8(11)7-3-2-6(10)4-12-7/h2-5,8H,11H2,1H3,(H,13,14). The van der Waals surface area contributed by atoms with Crippen LogP contribution in [0.1, 0.15) is 18.7 Å². The van der Waals surface area contributed by atoms with Gasteiger partial charge in [-0.3, -0.25) is 9.78 Å². The first kappa shape index (κ1) is 10.9. The van der Waals surface area contributed by atoms with Crippen LogP contribution in [0.25, 0.3) is 0 Å². The maximum atomic E-state index is 10.6. The summed E-state index contributed by atoms with van der Waals surface area (Å²) in [4.78, 5) is 14.6. The third kappa shape index (κ3) is 2.43. The number of pyridine rings is 1. The van der Waals surface area contributed by atoms with Crippen molar-refractivity contribution in [3.63, 3.8) is 0 Å². The van der Waals surface area contributed by atoms with E-state index in [4.69, 9.17) is 22.4 Å². The third-order valence-corrected chi connectivity index (χ3v) is 2.24. The van der Waals surface area contributed by atoms with Crippen molar-refractivity contribution < 1.29 is 9.90 Å². The molecular formula is C9H11ClN2O2. The Morgan fingerprint density at radius 2 is 2.29 bits per heavy atom. The van der Waals surface area contributed by atoms with Crippen molar-refractivity contribution in [2.45, 2.75) is 13.0 Å². The van der Waals surface area contributed by atoms with Gasteiger partial charge in [0.25, 0.3) is 0 Å². The number of carbonyl (C=O) groups is 1. The van der Waals surface area contributed by atoms with Gasteiger partial charge in [-0.2, -0.15) is 0 Å². The van der Waals surface area contributed by atoms with Gasteiger partial charge >= 0.3 is 5.97 Å². The molecule has 76 valence electrons. The maximum absolute atomic E-state index is 10.6. The largest absolute Gasteiger partial charge is 0.481 e. The first-order valence-corrected chi connectivity index (χ1v) is 4.50. The molecule has 0 bridgehead atoms. The van der Waals surface area contributed by atoms with Gasteiger partial charge in [-0.1, -0.05) is 18.5 Å². The Bertz CT molecular complexity index is 326. The maximum Gasteiger partial charge on any atom is 0.308 e. The predicted molar refractivity (Wildman–Crippen MR) is 53.0 cm³/mol. The number of nitrogens with two attached hydrogens (primary N) is 1. The van der Waals surface area contributed by atoms with E-state index in [2.05, 4.69) is 4.98 Å². The Kier molecular flexibility index (Phi) is 3.43. The molecule has 14 heavy (non-hydrogen) atoms. The molecule has 0 radical (unpaired) electrons. The Hall–Kier alpha value is -1.13. The summed E-state index contributed by atoms with van der Waals surface area (Å²) >= 11 is 5.64. The summed E-state index contributed by atoms with van der Waals surface area (Å²) in [6.45, 7) is 1.54. The fraction of sp³-hybridized carbons (Fsp3) is 0.333. The molecule has 2 unspecified atom stereocenters. The molecule has 0 amide bonds. The zero-order valence-corrected chi connectivity index (χ0v) is 8.40. The van der Waals surface area contributed by atoms with Crippen LogP contribution in [0.4, 0.5) is 0 Å². The zero-order chi connectivity index (χ0) is 10.7. The van der Waals surface area contributed by atoms with E-state index in [9.17, 15) is 4.79 Å². The quantitative estimate of drug-likeness (QED) is 0.799. The lowest BCUT2D eigenvalue weighted by Gasteiger charge is -2.14. The molecule has 2 atom stereocenters. The summed E-state index contributed by atoms with van der Waals surface area (Å²) in [5.41, 5.74) is 6.23. The molecule has 0 aromatic carbocycles. The second-order valence-electron chi connectivity index (χ2n) is 3.05. The average Bonchev–Trinajstić information content (AvgIpc) is 2.16. The van der Waals surface area contributed by atoms with Crippen molar-refractivity contribution in [1.82, 2.24) is 4.98 Å². The topological polar surface area (TPSA) is 76.2 Å². The van der Waals surface area contributed by atoms with E-state index in [1.165, 1.54) is 6.20 Å². The van der Waals surface area contributed by atoms with Crippen LogP contribution in [0, 0.1) is 5.92 Å². The molecule has 1 aromatic rings. The van der Waals surface area contributed by atoms with Crippen molar-refractivity contribution in [3.05, 3.63) is 29.0 Å². The van der Waals surface area contributed by atoms with Crippen molar-refractivity contribution in [2.75, 3.05) is 0 Å². The van der Waals surface area contributed by atoms with Crippen molar-refractivity contribution in [1.29, 1.82) is 0 Å². The number of hydrogen-bond acceptors (Lipinski definition) is 3. The number of nitrogens with zero attached hydrogens (tertiary/aromatic N) is 1. The van der Waals surface area contributed by atoms with Crippen molar-refractivity contribution in [2.24, 2.45) is 11.7 Å². The monoisotopic (exact) mass is 214 g/mol. The molecule has 4 nitrogen and oxygen atoms in total. The minimum Gasteiger partial charge on any atom is -0.481 e. The van der Waals surface area contributed by atoms with E-state index in [0.717, 1.165) is 0 Å². The summed E-state index contributed by atoms with van der Waals surface area (Å²) in [6.07, 6.45) is 1.45. The highest BCUT2D eigenvalue weighted by atomic mass is 35.5. The summed E-state index contributed by atoms with van der Waals surface area (Å²) in [6, 6.07) is 2.66. The molecule has 1 aromatic heterocycles. The van der Waals surface area contributed by atoms with Crippen LogP contribution in [-0.4, -0.2) is 16.1 Å². The summed E-state index contributed by atoms with van der Waals surface area (Å²) < 4.78 is 0. The van der Waals surface area contributed by atoms with Crippen LogP contribution in [0.15, 0.2) is 18.3 Å². The van der Waals surface area contributed by atoms with Crippen molar-refractivity contribution in [3.8, 4) is 0 Å². The van der Waals surface area contributed by atoms with Crippen LogP contribution in [-0.2, 0) is 4.79 Å². The number of hydrogen-bond donors (Lipinski definition) is 2. The average molecular weight is 215 g/mol. The smallest absolute Gasteiger partial charge is 0.308 e. The van der Waals surface area contributed by atoms with E-state index < -0.39 is 17.9 Å². The molecule has 0 spiro atoms. The third-order valence-electron chi connectivity index (χ3n) is 2.02. The lowest BCUT2D eigenvalue weighted by atomic mass is 10.00. The normalized spacial score (nSPS) is 14.8. The summed E-state index contributed by atoms with van der Waals surface area (Å²) in [7, 11) is 0. The fourth-order valence-corrected chi connectivity index (χ4v) is 1.11. The van der Waals surface area contributed by atoms with Gasteiger partial charge in [0, 0.05) is 6.20 Å². The molecule has 0 saturated heterocycles. The van der Waals surface area contributed by atoms with Gasteiger partial charge in [0.15, 0.2) is 0 Å². The molecule has 0 fully saturated rings. The van der Waals surface area contributed by atoms with Gasteiger partial charge in [0.1, 0.15) is 0 Å². The highest BCUT2D eigenvalue weighted by molar-refractivity contribution is 6.30. The lowest BCUT2D eigenvalue weighted by molar-refractivity contribution is -0.141. The van der Waals surface area contributed by atoms with Gasteiger partial charge in [-0.05, 0) is 12.1 Å². The van der Waals surface area contributed by atoms with Crippen LogP contribution in [0.5, 0.6) is 0 Å². The van der Waals surface area contributed by atoms with E-state index in [0.29, 0.717) is 10.7 Å². The SMILES string of the molecule is CC(C(=O)O)C(N)c1ccc(Cl)cn1. The molecule has 0 aliphatic rings. The van der Waals surface area contributed by atoms with Crippen LogP contribution in [0.2, 0.25) is 5.02 Å². The van der Waals surface area contributed by atoms with Gasteiger partial charge in [0.2, 0.25) is 0 Å². The van der Waals surface area contributed by atoms with Crippen LogP contribution >= 0.6 is 11.6 Å². The fourth-order valence-electron chi connectivity index (χ4n) is 0.994. The predicted octanol–water partition coefficient (Wildman–Crippen LogP) is 1.46. The molecule has 0 aliphatic heterocycles. The molecule has 0 aliphatic carbocycles. The van der Waals surface area contributed by atoms with Gasteiger partial charge < -0.3 is 10.8 Å². The first-order chi connectivity index (χ1) is 6.52. The zero-order valence-electron chi connectivity index (χ0n) is 7.64. The number of carboxylic acid groups (broad SMARTS) is 1. The number of rotatable bonds is 3. The Labute approximate surface area is 86.7 Å². The van der Waals surface area contributed by atoms with Crippen molar-refractivity contribution >= 4 is 17.6 Å². The van der Waals surface area contributed by atoms with E-state index >= 15 is 0 Å². The molecule has 3 N–H and O–H groups in total. The Morgan fingerprint density at radius 1 is 1.64 bits per heavy atom. The van der Waals surface area contributed by atoms with Gasteiger partial charge in [0.05, 0.1) is 22.7 Å². The minimum absolute atomic E-state index is 0.504. The first-order valence-electron chi connectivity index (χ1n) is 4.12. The second kappa shape index (κ2) is 4.39. The minimum atomic E-state index is -0.936. The molecule has 0 saturated carbocycles. The number of halogens is 1. The molecular weight excluding hydrogens is 204 g/mol. The highest BCUT2D eigenvalue weighted by Crippen LogP contribution is 2.18. The van der Waals surface area contributed by atoms with Gasteiger partial charge in [-0.25, -0.2) is 0 Å². The van der Waals surface area contributed by atoms with E-state index in [-0.39, 0.29) is 0 Å². The lowest BCUT2D eigenvalue weighted by Crippen LogP contribution is -2.26. The highest BCUT2D eigenvalue weighted by Gasteiger charge is 2.22. The Balaban J connectivity index is 2.84. The molecule has 5 heteroatoms. The number of carboxylic acids is 1. The van der Waals surface area contributed by atoms with Crippen LogP contribution < -0.4 is 5.73 Å². The molecule has 1 rings (SSSR count). The van der Waals surface area contributed by atoms with Gasteiger partial charge in [-0.15, -0.1) is 0 Å². The summed E-state index contributed by atoms with van der Waals surface area (Å²) in [5, 5.41) is 9.24. The van der Waals surface area contributed by atoms with E-state index in [1.54, 1.807) is 19.1 Å². The van der Waals surface area contributed by atoms with Crippen LogP contribution in [0.3, 0.4) is 0 Å². The van der Waals surface area contributed by atoms with E-state index in [1.807, 2.05) is 0 Å².